The molecular weight excluding hydrogens is 398 g/mol. The summed E-state index contributed by atoms with van der Waals surface area (Å²) in [5, 5.41) is 2.63. The number of unbranched alkanes of at least 4 members (excludes halogenated alkanes) is 1. The summed E-state index contributed by atoms with van der Waals surface area (Å²) in [4.78, 5) is 13.1. The van der Waals surface area contributed by atoms with E-state index in [0.717, 1.165) is 19.3 Å². The Morgan fingerprint density at radius 3 is 1.81 bits per heavy atom. The Bertz CT molecular complexity index is 812. The molecule has 0 atom stereocenters. The van der Waals surface area contributed by atoms with Crippen LogP contribution in [0.25, 0.3) is 0 Å². The predicted molar refractivity (Wildman–Crippen MR) is 134 cm³/mol. The minimum Gasteiger partial charge on any atom is -0.407 e. The van der Waals surface area contributed by atoms with Crippen molar-refractivity contribution in [1.29, 1.82) is 0 Å². The van der Waals surface area contributed by atoms with Crippen LogP contribution in [0.15, 0.2) is 85.0 Å². The molecule has 0 fully saturated rings. The molecule has 0 saturated heterocycles. The van der Waals surface area contributed by atoms with Crippen LogP contribution < -0.4 is 10.4 Å². The Morgan fingerprint density at radius 2 is 1.32 bits per heavy atom. The lowest BCUT2D eigenvalue weighted by Gasteiger charge is -2.43. The first-order valence-corrected chi connectivity index (χ1v) is 13.0. The van der Waals surface area contributed by atoms with Crippen LogP contribution in [0.2, 0.25) is 5.04 Å². The smallest absolute Gasteiger partial charge is 0.261 e. The summed E-state index contributed by atoms with van der Waals surface area (Å²) in [6, 6.07) is 21.5. The molecular formula is C27H37NO2Si. The highest BCUT2D eigenvalue weighted by Gasteiger charge is 2.49. The number of carbonyl (C=O) groups excluding carboxylic acids is 1. The number of hydrogen-bond donors (Lipinski definition) is 0. The fourth-order valence-electron chi connectivity index (χ4n) is 3.80. The van der Waals surface area contributed by atoms with Crippen molar-refractivity contribution in [2.45, 2.75) is 45.1 Å². The molecule has 1 amide bonds. The van der Waals surface area contributed by atoms with Gasteiger partial charge in [-0.15, -0.1) is 0 Å². The van der Waals surface area contributed by atoms with Crippen molar-refractivity contribution in [2.24, 2.45) is 0 Å². The van der Waals surface area contributed by atoms with Gasteiger partial charge >= 0.3 is 0 Å². The lowest BCUT2D eigenvalue weighted by Crippen LogP contribution is -2.66. The molecule has 0 radical (unpaired) electrons. The van der Waals surface area contributed by atoms with E-state index in [4.69, 9.17) is 4.43 Å². The molecule has 3 nitrogen and oxygen atoms in total. The SMILES string of the molecule is CN(C)C(=O)/C=C/CC/C=C/CCO[Si](c1ccccc1)(c1ccccc1)C(C)(C)C. The molecule has 0 aliphatic heterocycles. The Balaban J connectivity index is 2.06. The van der Waals surface area contributed by atoms with Crippen molar-refractivity contribution < 1.29 is 9.22 Å². The maximum Gasteiger partial charge on any atom is 0.261 e. The van der Waals surface area contributed by atoms with E-state index in [0.29, 0.717) is 6.61 Å². The van der Waals surface area contributed by atoms with Crippen LogP contribution in [0.1, 0.15) is 40.0 Å². The second-order valence-electron chi connectivity index (χ2n) is 8.98. The van der Waals surface area contributed by atoms with Crippen LogP contribution in [0.3, 0.4) is 0 Å². The number of likely N-dealkylation sites (N-methyl/N-ethyl adjacent to an activating group) is 1. The zero-order chi connectivity index (χ0) is 22.7. The van der Waals surface area contributed by atoms with Gasteiger partial charge in [0, 0.05) is 20.7 Å². The quantitative estimate of drug-likeness (QED) is 0.229. The van der Waals surface area contributed by atoms with Gasteiger partial charge in [0.05, 0.1) is 0 Å². The molecule has 31 heavy (non-hydrogen) atoms. The highest BCUT2D eigenvalue weighted by atomic mass is 28.4. The molecule has 0 aliphatic carbocycles. The van der Waals surface area contributed by atoms with Crippen molar-refractivity contribution in [3.8, 4) is 0 Å². The molecule has 0 spiro atoms. The van der Waals surface area contributed by atoms with Gasteiger partial charge in [0.1, 0.15) is 0 Å². The molecule has 2 aromatic carbocycles. The van der Waals surface area contributed by atoms with E-state index in [2.05, 4.69) is 93.6 Å². The monoisotopic (exact) mass is 435 g/mol. The van der Waals surface area contributed by atoms with Crippen molar-refractivity contribution in [1.82, 2.24) is 4.90 Å². The Labute approximate surface area is 189 Å². The molecule has 0 N–H and O–H groups in total. The molecule has 4 heteroatoms. The maximum absolute atomic E-state index is 11.5. The van der Waals surface area contributed by atoms with Crippen LogP contribution in [0, 0.1) is 0 Å². The minimum atomic E-state index is -2.44. The molecule has 2 rings (SSSR count). The van der Waals surface area contributed by atoms with E-state index in [1.54, 1.807) is 25.1 Å². The van der Waals surface area contributed by atoms with Gasteiger partial charge in [-0.25, -0.2) is 0 Å². The molecule has 0 aromatic heterocycles. The average Bonchev–Trinajstić information content (AvgIpc) is 2.75. The van der Waals surface area contributed by atoms with Crippen LogP contribution >= 0.6 is 0 Å². The fourth-order valence-corrected chi connectivity index (χ4v) is 8.38. The number of allylic oxidation sites excluding steroid dienone is 2. The Morgan fingerprint density at radius 1 is 0.839 bits per heavy atom. The first-order valence-electron chi connectivity index (χ1n) is 11.1. The number of amides is 1. The maximum atomic E-state index is 11.5. The first-order chi connectivity index (χ1) is 14.8. The summed E-state index contributed by atoms with van der Waals surface area (Å²) in [5.41, 5.74) is 0. The highest BCUT2D eigenvalue weighted by Crippen LogP contribution is 2.36. The van der Waals surface area contributed by atoms with Gasteiger partial charge in [-0.05, 0) is 40.8 Å². The number of hydrogen-bond acceptors (Lipinski definition) is 2. The predicted octanol–water partition coefficient (Wildman–Crippen LogP) is 4.93. The van der Waals surface area contributed by atoms with Gasteiger partial charge in [0.25, 0.3) is 8.32 Å². The van der Waals surface area contributed by atoms with E-state index in [1.807, 2.05) is 6.08 Å². The molecule has 2 aromatic rings. The summed E-state index contributed by atoms with van der Waals surface area (Å²) < 4.78 is 6.88. The first kappa shape index (κ1) is 24.8. The standard InChI is InChI=1S/C27H37NO2Si/c1-27(2,3)31(24-18-12-10-13-19-24,25-20-14-11-15-21-25)30-23-17-9-7-6-8-16-22-26(29)28(4)5/h7,9-16,18-22H,6,8,17,23H2,1-5H3/b9-7+,22-16+. The Hall–Kier alpha value is -2.43. The molecule has 0 heterocycles. The van der Waals surface area contributed by atoms with E-state index in [1.165, 1.54) is 10.4 Å². The number of carbonyl (C=O) groups is 1. The van der Waals surface area contributed by atoms with Crippen molar-refractivity contribution >= 4 is 24.6 Å². The highest BCUT2D eigenvalue weighted by molar-refractivity contribution is 6.99. The summed E-state index contributed by atoms with van der Waals surface area (Å²) >= 11 is 0. The third kappa shape index (κ3) is 6.78. The van der Waals surface area contributed by atoms with E-state index >= 15 is 0 Å². The van der Waals surface area contributed by atoms with Crippen molar-refractivity contribution in [2.75, 3.05) is 20.7 Å². The number of benzene rings is 2. The normalized spacial score (nSPS) is 12.5. The fraction of sp³-hybridized carbons (Fsp3) is 0.370. The zero-order valence-electron chi connectivity index (χ0n) is 19.7. The van der Waals surface area contributed by atoms with Gasteiger partial charge in [-0.1, -0.05) is 99.7 Å². The Kier molecular flexibility index (Phi) is 9.47. The lowest BCUT2D eigenvalue weighted by atomic mass is 10.2. The van der Waals surface area contributed by atoms with Gasteiger partial charge in [-0.2, -0.15) is 0 Å². The van der Waals surface area contributed by atoms with Crippen molar-refractivity contribution in [3.63, 3.8) is 0 Å². The van der Waals surface area contributed by atoms with Gasteiger partial charge in [0.2, 0.25) is 5.91 Å². The third-order valence-corrected chi connectivity index (χ3v) is 10.4. The summed E-state index contributed by atoms with van der Waals surface area (Å²) in [7, 11) is 1.08. The van der Waals surface area contributed by atoms with Gasteiger partial charge in [-0.3, -0.25) is 4.79 Å². The lowest BCUT2D eigenvalue weighted by molar-refractivity contribution is -0.123. The second-order valence-corrected chi connectivity index (χ2v) is 13.3. The summed E-state index contributed by atoms with van der Waals surface area (Å²) in [5.74, 6) is 0.0303. The van der Waals surface area contributed by atoms with E-state index in [-0.39, 0.29) is 10.9 Å². The largest absolute Gasteiger partial charge is 0.407 e. The number of nitrogens with zero attached hydrogens (tertiary/aromatic N) is 1. The molecule has 0 unspecified atom stereocenters. The van der Waals surface area contributed by atoms with Crippen LogP contribution in [-0.2, 0) is 9.22 Å². The molecule has 0 aliphatic rings. The number of rotatable bonds is 10. The van der Waals surface area contributed by atoms with Crippen molar-refractivity contribution in [3.05, 3.63) is 85.0 Å². The van der Waals surface area contributed by atoms with E-state index in [9.17, 15) is 4.79 Å². The molecule has 0 bridgehead atoms. The summed E-state index contributed by atoms with van der Waals surface area (Å²) in [6.45, 7) is 7.60. The minimum absolute atomic E-state index is 0.00317. The third-order valence-electron chi connectivity index (χ3n) is 5.39. The average molecular weight is 436 g/mol. The van der Waals surface area contributed by atoms with Gasteiger partial charge < -0.3 is 9.33 Å². The van der Waals surface area contributed by atoms with Crippen LogP contribution in [0.4, 0.5) is 0 Å². The van der Waals surface area contributed by atoms with Crippen LogP contribution in [-0.4, -0.2) is 39.8 Å². The van der Waals surface area contributed by atoms with Gasteiger partial charge in [0.15, 0.2) is 0 Å². The van der Waals surface area contributed by atoms with E-state index < -0.39 is 8.32 Å². The topological polar surface area (TPSA) is 29.5 Å². The second kappa shape index (κ2) is 11.8. The molecule has 0 saturated carbocycles. The summed E-state index contributed by atoms with van der Waals surface area (Å²) in [6.07, 6.45) is 10.6. The van der Waals surface area contributed by atoms with Crippen LogP contribution in [0.5, 0.6) is 0 Å². The zero-order valence-corrected chi connectivity index (χ0v) is 20.7. The molecule has 166 valence electrons.